The summed E-state index contributed by atoms with van der Waals surface area (Å²) in [6.07, 6.45) is 8.62. The van der Waals surface area contributed by atoms with Gasteiger partial charge in [0.1, 0.15) is 6.26 Å². The molecule has 0 aliphatic heterocycles. The molecule has 4 aliphatic rings. The average Bonchev–Trinajstić information content (AvgIpc) is 2.71. The molecule has 1 aromatic heterocycles. The van der Waals surface area contributed by atoms with Gasteiger partial charge >= 0.3 is 5.97 Å². The van der Waals surface area contributed by atoms with Crippen LogP contribution in [0, 0.1) is 16.7 Å². The quantitative estimate of drug-likeness (QED) is 0.890. The highest BCUT2D eigenvalue weighted by molar-refractivity contribution is 5.85. The summed E-state index contributed by atoms with van der Waals surface area (Å²) in [4.78, 5) is 15.0. The smallest absolute Gasteiger partial charge is 0.357 e. The van der Waals surface area contributed by atoms with Crippen molar-refractivity contribution in [2.24, 2.45) is 16.7 Å². The number of aromatic carboxylic acids is 1. The largest absolute Gasteiger partial charge is 0.476 e. The number of rotatable bonds is 3. The van der Waals surface area contributed by atoms with Gasteiger partial charge in [-0.25, -0.2) is 4.79 Å². The van der Waals surface area contributed by atoms with Crippen molar-refractivity contribution in [1.29, 1.82) is 0 Å². The molecule has 0 radical (unpaired) electrons. The first-order valence-corrected chi connectivity index (χ1v) is 7.76. The van der Waals surface area contributed by atoms with E-state index >= 15 is 0 Å². The summed E-state index contributed by atoms with van der Waals surface area (Å²) < 4.78 is 5.33. The molecule has 114 valence electrons. The Morgan fingerprint density at radius 1 is 1.29 bits per heavy atom. The van der Waals surface area contributed by atoms with E-state index in [1.54, 1.807) is 0 Å². The molecule has 4 aliphatic carbocycles. The number of aromatic nitrogens is 1. The number of hydrogen-bond donors (Lipinski definition) is 2. The molecule has 5 nitrogen and oxygen atoms in total. The van der Waals surface area contributed by atoms with Gasteiger partial charge in [0.15, 0.2) is 5.69 Å². The van der Waals surface area contributed by atoms with Crippen LogP contribution in [0.25, 0.3) is 0 Å². The number of nitrogens with zero attached hydrogens (tertiary/aromatic N) is 1. The minimum absolute atomic E-state index is 0.0281. The molecule has 1 aromatic rings. The van der Waals surface area contributed by atoms with Crippen molar-refractivity contribution in [3.63, 3.8) is 0 Å². The van der Waals surface area contributed by atoms with Crippen molar-refractivity contribution in [3.8, 4) is 0 Å². The summed E-state index contributed by atoms with van der Waals surface area (Å²) >= 11 is 0. The maximum absolute atomic E-state index is 10.9. The van der Waals surface area contributed by atoms with Crippen LogP contribution < -0.4 is 5.32 Å². The highest BCUT2D eigenvalue weighted by Crippen LogP contribution is 2.66. The van der Waals surface area contributed by atoms with E-state index in [2.05, 4.69) is 24.1 Å². The predicted molar refractivity (Wildman–Crippen MR) is 77.2 cm³/mol. The fourth-order valence-corrected chi connectivity index (χ4v) is 6.24. The minimum atomic E-state index is -1.05. The number of hydrogen-bond acceptors (Lipinski definition) is 4. The van der Waals surface area contributed by atoms with Crippen LogP contribution in [-0.4, -0.2) is 21.6 Å². The second-order valence-electron chi connectivity index (χ2n) is 8.38. The van der Waals surface area contributed by atoms with Crippen LogP contribution in [0.4, 0.5) is 6.01 Å². The van der Waals surface area contributed by atoms with Gasteiger partial charge in [-0.3, -0.25) is 0 Å². The first kappa shape index (κ1) is 13.2. The van der Waals surface area contributed by atoms with Crippen LogP contribution in [0.2, 0.25) is 0 Å². The summed E-state index contributed by atoms with van der Waals surface area (Å²) in [6, 6.07) is 0.363. The van der Waals surface area contributed by atoms with Crippen molar-refractivity contribution in [1.82, 2.24) is 4.98 Å². The molecule has 0 amide bonds. The zero-order valence-corrected chi connectivity index (χ0v) is 12.6. The van der Waals surface area contributed by atoms with Crippen LogP contribution in [0.3, 0.4) is 0 Å². The van der Waals surface area contributed by atoms with Gasteiger partial charge in [-0.1, -0.05) is 13.8 Å². The molecule has 0 aromatic carbocycles. The molecular formula is C16H22N2O3. The minimum Gasteiger partial charge on any atom is -0.476 e. The SMILES string of the molecule is CC12CC3CC(C)(C1)CC(Nc1nc(C(=O)O)co1)(C3)C2. The maximum Gasteiger partial charge on any atom is 0.357 e. The van der Waals surface area contributed by atoms with Gasteiger partial charge in [-0.05, 0) is 55.3 Å². The number of oxazole rings is 1. The van der Waals surface area contributed by atoms with Gasteiger partial charge < -0.3 is 14.8 Å². The van der Waals surface area contributed by atoms with E-state index in [1.807, 2.05) is 0 Å². The van der Waals surface area contributed by atoms with Crippen molar-refractivity contribution >= 4 is 12.0 Å². The van der Waals surface area contributed by atoms with Gasteiger partial charge in [0, 0.05) is 5.54 Å². The average molecular weight is 290 g/mol. The standard InChI is InChI=1S/C16H22N2O3/c1-14-3-10-4-15(2,7-14)9-16(5-10,8-14)18-13-17-11(6-21-13)12(19)20/h6,10H,3-5,7-9H2,1-2H3,(H,17,18)(H,19,20). The number of carboxylic acids is 1. The third kappa shape index (κ3) is 2.05. The molecule has 1 heterocycles. The number of carbonyl (C=O) groups is 1. The zero-order valence-electron chi connectivity index (χ0n) is 12.6. The monoisotopic (exact) mass is 290 g/mol. The lowest BCUT2D eigenvalue weighted by Crippen LogP contribution is -2.61. The lowest BCUT2D eigenvalue weighted by atomic mass is 9.43. The Morgan fingerprint density at radius 2 is 1.95 bits per heavy atom. The van der Waals surface area contributed by atoms with Crippen LogP contribution in [-0.2, 0) is 0 Å². The Balaban J connectivity index is 1.63. The molecule has 2 unspecified atom stereocenters. The van der Waals surface area contributed by atoms with Crippen molar-refractivity contribution < 1.29 is 14.3 Å². The van der Waals surface area contributed by atoms with E-state index < -0.39 is 5.97 Å². The van der Waals surface area contributed by atoms with E-state index in [1.165, 1.54) is 25.5 Å². The second kappa shape index (κ2) is 3.81. The third-order valence-electron chi connectivity index (χ3n) is 5.72. The molecule has 4 bridgehead atoms. The van der Waals surface area contributed by atoms with E-state index in [4.69, 9.17) is 9.52 Å². The Morgan fingerprint density at radius 3 is 2.48 bits per heavy atom. The summed E-state index contributed by atoms with van der Waals surface area (Å²) in [5.41, 5.74) is 0.815. The molecule has 0 spiro atoms. The number of carboxylic acid groups (broad SMARTS) is 1. The predicted octanol–water partition coefficient (Wildman–Crippen LogP) is 3.53. The molecule has 21 heavy (non-hydrogen) atoms. The molecule has 4 fully saturated rings. The lowest BCUT2D eigenvalue weighted by molar-refractivity contribution is -0.0978. The Kier molecular flexibility index (Phi) is 2.39. The van der Waals surface area contributed by atoms with Crippen molar-refractivity contribution in [3.05, 3.63) is 12.0 Å². The first-order chi connectivity index (χ1) is 9.79. The van der Waals surface area contributed by atoms with E-state index in [0.717, 1.165) is 25.2 Å². The van der Waals surface area contributed by atoms with E-state index in [9.17, 15) is 4.79 Å². The topological polar surface area (TPSA) is 75.4 Å². The van der Waals surface area contributed by atoms with Crippen LogP contribution >= 0.6 is 0 Å². The highest BCUT2D eigenvalue weighted by atomic mass is 16.4. The fourth-order valence-electron chi connectivity index (χ4n) is 6.24. The van der Waals surface area contributed by atoms with E-state index in [0.29, 0.717) is 16.8 Å². The summed E-state index contributed by atoms with van der Waals surface area (Å²) in [7, 11) is 0. The fraction of sp³-hybridized carbons (Fsp3) is 0.750. The van der Waals surface area contributed by atoms with E-state index in [-0.39, 0.29) is 11.2 Å². The molecule has 5 heteroatoms. The lowest BCUT2D eigenvalue weighted by Gasteiger charge is -2.65. The van der Waals surface area contributed by atoms with Crippen LogP contribution in [0.15, 0.2) is 10.7 Å². The van der Waals surface area contributed by atoms with Gasteiger partial charge in [-0.2, -0.15) is 4.98 Å². The summed E-state index contributed by atoms with van der Waals surface area (Å²) in [5, 5.41) is 12.4. The molecule has 5 rings (SSSR count). The zero-order chi connectivity index (χ0) is 14.9. The Bertz CT molecular complexity index is 590. The summed E-state index contributed by atoms with van der Waals surface area (Å²) in [5.74, 6) is -0.270. The number of anilines is 1. The van der Waals surface area contributed by atoms with Gasteiger partial charge in [0.25, 0.3) is 6.01 Å². The molecular weight excluding hydrogens is 268 g/mol. The Hall–Kier alpha value is -1.52. The third-order valence-corrected chi connectivity index (χ3v) is 5.72. The maximum atomic E-state index is 10.9. The molecule has 2 N–H and O–H groups in total. The van der Waals surface area contributed by atoms with Crippen LogP contribution in [0.1, 0.15) is 62.9 Å². The van der Waals surface area contributed by atoms with Crippen LogP contribution in [0.5, 0.6) is 0 Å². The highest BCUT2D eigenvalue weighted by Gasteiger charge is 2.60. The molecule has 0 saturated heterocycles. The van der Waals surface area contributed by atoms with Gasteiger partial charge in [0.05, 0.1) is 0 Å². The first-order valence-electron chi connectivity index (χ1n) is 7.76. The molecule has 2 atom stereocenters. The number of nitrogens with one attached hydrogen (secondary N) is 1. The normalized spacial score (nSPS) is 44.0. The Labute approximate surface area is 124 Å². The van der Waals surface area contributed by atoms with Gasteiger partial charge in [-0.15, -0.1) is 0 Å². The summed E-state index contributed by atoms with van der Waals surface area (Å²) in [6.45, 7) is 4.81. The van der Waals surface area contributed by atoms with Crippen molar-refractivity contribution in [2.75, 3.05) is 5.32 Å². The second-order valence-corrected chi connectivity index (χ2v) is 8.38. The molecule has 4 saturated carbocycles. The van der Waals surface area contributed by atoms with Gasteiger partial charge in [0.2, 0.25) is 0 Å². The van der Waals surface area contributed by atoms with Crippen molar-refractivity contribution in [2.45, 2.75) is 57.9 Å².